The van der Waals surface area contributed by atoms with Gasteiger partial charge in [0.15, 0.2) is 11.5 Å². The van der Waals surface area contributed by atoms with E-state index in [9.17, 15) is 4.79 Å². The number of hydrogen-bond donors (Lipinski definition) is 1. The fraction of sp³-hybridized carbons (Fsp3) is 0.467. The minimum absolute atomic E-state index is 0.490. The van der Waals surface area contributed by atoms with Gasteiger partial charge in [-0.15, -0.1) is 0 Å². The quantitative estimate of drug-likeness (QED) is 0.914. The molecule has 1 aliphatic rings. The first-order valence-electron chi connectivity index (χ1n) is 6.58. The van der Waals surface area contributed by atoms with Gasteiger partial charge in [0.2, 0.25) is 0 Å². The lowest BCUT2D eigenvalue weighted by Gasteiger charge is -2.18. The predicted octanol–water partition coefficient (Wildman–Crippen LogP) is 3.36. The molecule has 1 fully saturated rings. The Labute approximate surface area is 111 Å². The van der Waals surface area contributed by atoms with Crippen molar-refractivity contribution in [2.75, 3.05) is 0 Å². The van der Waals surface area contributed by atoms with Gasteiger partial charge in [0.25, 0.3) is 0 Å². The first-order chi connectivity index (χ1) is 8.95. The zero-order valence-electron chi connectivity index (χ0n) is 11.1. The van der Waals surface area contributed by atoms with E-state index in [1.54, 1.807) is 13.8 Å². The van der Waals surface area contributed by atoms with Crippen LogP contribution in [0.1, 0.15) is 44.1 Å². The lowest BCUT2D eigenvalue weighted by atomic mass is 9.86. The van der Waals surface area contributed by atoms with Gasteiger partial charge in [0.1, 0.15) is 5.52 Å². The van der Waals surface area contributed by atoms with Crippen LogP contribution in [0.4, 0.5) is 0 Å². The summed E-state index contributed by atoms with van der Waals surface area (Å²) >= 11 is 0. The smallest absolute Gasteiger partial charge is 0.309 e. The number of benzene rings is 1. The van der Waals surface area contributed by atoms with Crippen LogP contribution in [0.5, 0.6) is 0 Å². The monoisotopic (exact) mass is 259 g/mol. The Morgan fingerprint density at radius 3 is 2.84 bits per heavy atom. The highest BCUT2D eigenvalue weighted by Crippen LogP contribution is 2.40. The number of hydrogen-bond acceptors (Lipinski definition) is 3. The van der Waals surface area contributed by atoms with E-state index in [1.165, 1.54) is 0 Å². The summed E-state index contributed by atoms with van der Waals surface area (Å²) in [6.45, 7) is 3.47. The minimum Gasteiger partial charge on any atom is -0.481 e. The number of carboxylic acid groups (broad SMARTS) is 1. The Bertz CT molecular complexity index is 638. The summed E-state index contributed by atoms with van der Waals surface area (Å²) < 4.78 is 5.70. The lowest BCUT2D eigenvalue weighted by molar-refractivity contribution is -0.146. The molecular formula is C15H17NO3. The molecule has 0 saturated heterocycles. The first kappa shape index (κ1) is 12.2. The highest BCUT2D eigenvalue weighted by atomic mass is 16.4. The molecule has 19 heavy (non-hydrogen) atoms. The highest BCUT2D eigenvalue weighted by molar-refractivity contribution is 5.76. The number of fused-ring (bicyclic) bond motifs is 1. The Hall–Kier alpha value is -1.84. The molecule has 1 heterocycles. The average Bonchev–Trinajstić information content (AvgIpc) is 3.09. The molecule has 2 aromatic rings. The van der Waals surface area contributed by atoms with E-state index in [0.717, 1.165) is 35.4 Å². The van der Waals surface area contributed by atoms with Crippen molar-refractivity contribution in [3.05, 3.63) is 29.7 Å². The number of oxazole rings is 1. The zero-order chi connectivity index (χ0) is 13.6. The predicted molar refractivity (Wildman–Crippen MR) is 71.1 cm³/mol. The molecule has 4 nitrogen and oxygen atoms in total. The molecule has 1 N–H and O–H groups in total. The van der Waals surface area contributed by atoms with E-state index < -0.39 is 11.4 Å². The minimum atomic E-state index is -0.786. The van der Waals surface area contributed by atoms with Gasteiger partial charge in [-0.2, -0.15) is 0 Å². The maximum atomic E-state index is 11.2. The van der Waals surface area contributed by atoms with E-state index in [4.69, 9.17) is 9.52 Å². The molecule has 1 aromatic heterocycles. The molecule has 4 heteroatoms. The van der Waals surface area contributed by atoms with Gasteiger partial charge in [-0.05, 0) is 50.8 Å². The van der Waals surface area contributed by atoms with Gasteiger partial charge in [0.05, 0.1) is 5.41 Å². The van der Waals surface area contributed by atoms with Gasteiger partial charge in [-0.1, -0.05) is 6.07 Å². The topological polar surface area (TPSA) is 63.3 Å². The lowest BCUT2D eigenvalue weighted by Crippen LogP contribution is -2.26. The normalized spacial score (nSPS) is 15.9. The maximum absolute atomic E-state index is 11.2. The van der Waals surface area contributed by atoms with Crippen LogP contribution in [0.25, 0.3) is 11.1 Å². The molecule has 0 unspecified atom stereocenters. The molecule has 0 atom stereocenters. The summed E-state index contributed by atoms with van der Waals surface area (Å²) in [5, 5.41) is 9.17. The molecule has 3 rings (SSSR count). The Balaban J connectivity index is 1.90. The van der Waals surface area contributed by atoms with Gasteiger partial charge in [-0.3, -0.25) is 4.79 Å². The molecule has 0 amide bonds. The van der Waals surface area contributed by atoms with Crippen LogP contribution in [0.3, 0.4) is 0 Å². The van der Waals surface area contributed by atoms with Crippen LogP contribution >= 0.6 is 0 Å². The second-order valence-corrected chi connectivity index (χ2v) is 5.99. The summed E-state index contributed by atoms with van der Waals surface area (Å²) in [6, 6.07) is 5.76. The molecule has 1 aliphatic carbocycles. The Morgan fingerprint density at radius 1 is 1.47 bits per heavy atom. The van der Waals surface area contributed by atoms with Gasteiger partial charge < -0.3 is 9.52 Å². The molecule has 0 aliphatic heterocycles. The van der Waals surface area contributed by atoms with Gasteiger partial charge in [-0.25, -0.2) is 4.98 Å². The Kier molecular flexibility index (Phi) is 2.62. The van der Waals surface area contributed by atoms with Gasteiger partial charge >= 0.3 is 5.97 Å². The van der Waals surface area contributed by atoms with Crippen LogP contribution < -0.4 is 0 Å². The summed E-state index contributed by atoms with van der Waals surface area (Å²) in [7, 11) is 0. The fourth-order valence-electron chi connectivity index (χ4n) is 2.19. The highest BCUT2D eigenvalue weighted by Gasteiger charge is 2.30. The van der Waals surface area contributed by atoms with Gasteiger partial charge in [0, 0.05) is 5.92 Å². The number of carboxylic acids is 1. The summed E-state index contributed by atoms with van der Waals surface area (Å²) in [6.07, 6.45) is 2.81. The zero-order valence-corrected chi connectivity index (χ0v) is 11.1. The molecule has 1 saturated carbocycles. The fourth-order valence-corrected chi connectivity index (χ4v) is 2.19. The average molecular weight is 259 g/mol. The number of rotatable bonds is 4. The van der Waals surface area contributed by atoms with Crippen LogP contribution in [-0.2, 0) is 11.2 Å². The molecule has 0 radical (unpaired) electrons. The Morgan fingerprint density at radius 2 is 2.21 bits per heavy atom. The standard InChI is InChI=1S/C15H17NO3/c1-15(2,14(17)18)8-9-3-6-12-11(7-9)16-13(19-12)10-4-5-10/h3,6-7,10H,4-5,8H2,1-2H3,(H,17,18). The van der Waals surface area contributed by atoms with Crippen molar-refractivity contribution in [1.82, 2.24) is 4.98 Å². The number of nitrogens with zero attached hydrogens (tertiary/aromatic N) is 1. The largest absolute Gasteiger partial charge is 0.481 e. The van der Waals surface area contributed by atoms with Crippen LogP contribution in [-0.4, -0.2) is 16.1 Å². The maximum Gasteiger partial charge on any atom is 0.309 e. The van der Waals surface area contributed by atoms with Crippen LogP contribution in [0.2, 0.25) is 0 Å². The second-order valence-electron chi connectivity index (χ2n) is 5.99. The van der Waals surface area contributed by atoms with Crippen LogP contribution in [0, 0.1) is 5.41 Å². The number of aromatic nitrogens is 1. The van der Waals surface area contributed by atoms with Crippen molar-refractivity contribution in [3.63, 3.8) is 0 Å². The van der Waals surface area contributed by atoms with Crippen molar-refractivity contribution in [2.45, 2.75) is 39.0 Å². The molecule has 0 spiro atoms. The van der Waals surface area contributed by atoms with Crippen molar-refractivity contribution in [1.29, 1.82) is 0 Å². The van der Waals surface area contributed by atoms with Crippen molar-refractivity contribution in [3.8, 4) is 0 Å². The summed E-state index contributed by atoms with van der Waals surface area (Å²) in [4.78, 5) is 15.7. The van der Waals surface area contributed by atoms with E-state index in [1.807, 2.05) is 18.2 Å². The van der Waals surface area contributed by atoms with E-state index >= 15 is 0 Å². The third-order valence-corrected chi connectivity index (χ3v) is 3.62. The first-order valence-corrected chi connectivity index (χ1v) is 6.58. The van der Waals surface area contributed by atoms with Crippen molar-refractivity contribution >= 4 is 17.1 Å². The molecule has 0 bridgehead atoms. The van der Waals surface area contributed by atoms with Crippen LogP contribution in [0.15, 0.2) is 22.6 Å². The molecular weight excluding hydrogens is 242 g/mol. The van der Waals surface area contributed by atoms with E-state index in [-0.39, 0.29) is 0 Å². The molecule has 100 valence electrons. The molecule has 1 aromatic carbocycles. The number of aliphatic carboxylic acids is 1. The summed E-state index contributed by atoms with van der Waals surface area (Å²) in [5.41, 5.74) is 1.84. The number of carbonyl (C=O) groups is 1. The second kappa shape index (κ2) is 4.08. The van der Waals surface area contributed by atoms with E-state index in [2.05, 4.69) is 4.98 Å². The third-order valence-electron chi connectivity index (χ3n) is 3.62. The van der Waals surface area contributed by atoms with Crippen molar-refractivity contribution < 1.29 is 14.3 Å². The SMILES string of the molecule is CC(C)(Cc1ccc2oc(C3CC3)nc2c1)C(=O)O. The van der Waals surface area contributed by atoms with Crippen molar-refractivity contribution in [2.24, 2.45) is 5.41 Å². The van der Waals surface area contributed by atoms with E-state index in [0.29, 0.717) is 12.3 Å². The third kappa shape index (κ3) is 2.35. The summed E-state index contributed by atoms with van der Waals surface area (Å²) in [5.74, 6) is 0.530.